The standard InChI is InChI=1S/C8H16ClNO4S/c1-10(15(12,13)7-9)6-8(11)2-4-14-5-3-8/h11H,2-7H2,1H3. The van der Waals surface area contributed by atoms with E-state index in [9.17, 15) is 13.5 Å². The Balaban J connectivity index is 2.60. The number of halogens is 1. The molecule has 1 aliphatic rings. The highest BCUT2D eigenvalue weighted by Crippen LogP contribution is 2.22. The van der Waals surface area contributed by atoms with Gasteiger partial charge in [0.1, 0.15) is 5.21 Å². The van der Waals surface area contributed by atoms with E-state index in [1.54, 1.807) is 0 Å². The summed E-state index contributed by atoms with van der Waals surface area (Å²) < 4.78 is 28.9. The summed E-state index contributed by atoms with van der Waals surface area (Å²) in [6.45, 7) is 1.00. The molecule has 5 nitrogen and oxygen atoms in total. The number of nitrogens with zero attached hydrogens (tertiary/aromatic N) is 1. The molecule has 0 bridgehead atoms. The van der Waals surface area contributed by atoms with Crippen molar-refractivity contribution in [1.82, 2.24) is 4.31 Å². The van der Waals surface area contributed by atoms with Gasteiger partial charge in [-0.05, 0) is 0 Å². The van der Waals surface area contributed by atoms with Gasteiger partial charge in [0.15, 0.2) is 0 Å². The number of rotatable bonds is 4. The third kappa shape index (κ3) is 3.57. The number of hydrogen-bond acceptors (Lipinski definition) is 4. The Morgan fingerprint density at radius 1 is 1.47 bits per heavy atom. The molecule has 90 valence electrons. The molecule has 1 aliphatic heterocycles. The van der Waals surface area contributed by atoms with Crippen molar-refractivity contribution in [2.24, 2.45) is 0 Å². The first-order valence-corrected chi connectivity index (χ1v) is 6.84. The van der Waals surface area contributed by atoms with Gasteiger partial charge in [-0.1, -0.05) is 0 Å². The fraction of sp³-hybridized carbons (Fsp3) is 1.00. The van der Waals surface area contributed by atoms with Crippen LogP contribution in [0.3, 0.4) is 0 Å². The highest BCUT2D eigenvalue weighted by molar-refractivity contribution is 7.90. The molecular formula is C8H16ClNO4S. The Labute approximate surface area is 95.0 Å². The van der Waals surface area contributed by atoms with E-state index in [2.05, 4.69) is 0 Å². The molecule has 0 aromatic rings. The van der Waals surface area contributed by atoms with Crippen molar-refractivity contribution in [2.45, 2.75) is 18.4 Å². The zero-order chi connectivity index (χ0) is 11.5. The summed E-state index contributed by atoms with van der Waals surface area (Å²) in [5, 5.41) is 9.61. The first-order valence-electron chi connectivity index (χ1n) is 4.70. The van der Waals surface area contributed by atoms with Crippen molar-refractivity contribution in [3.8, 4) is 0 Å². The smallest absolute Gasteiger partial charge is 0.227 e. The molecule has 1 N–H and O–H groups in total. The lowest BCUT2D eigenvalue weighted by Crippen LogP contribution is -2.47. The fourth-order valence-corrected chi connectivity index (χ4v) is 2.61. The minimum atomic E-state index is -3.44. The normalized spacial score (nSPS) is 21.9. The molecule has 0 atom stereocenters. The molecular weight excluding hydrogens is 242 g/mol. The number of ether oxygens (including phenoxy) is 1. The number of sulfonamides is 1. The van der Waals surface area contributed by atoms with E-state index in [0.29, 0.717) is 26.1 Å². The van der Waals surface area contributed by atoms with Crippen LogP contribution in [0.15, 0.2) is 0 Å². The summed E-state index contributed by atoms with van der Waals surface area (Å²) in [7, 11) is -2.02. The summed E-state index contributed by atoms with van der Waals surface area (Å²) in [5.41, 5.74) is -0.980. The van der Waals surface area contributed by atoms with Gasteiger partial charge in [0.2, 0.25) is 10.0 Å². The minimum Gasteiger partial charge on any atom is -0.388 e. The highest BCUT2D eigenvalue weighted by atomic mass is 35.5. The van der Waals surface area contributed by atoms with E-state index in [0.717, 1.165) is 4.31 Å². The third-order valence-corrected chi connectivity index (χ3v) is 4.74. The van der Waals surface area contributed by atoms with Crippen LogP contribution in [0.2, 0.25) is 0 Å². The second-order valence-electron chi connectivity index (χ2n) is 3.81. The van der Waals surface area contributed by atoms with Gasteiger partial charge in [-0.3, -0.25) is 0 Å². The summed E-state index contributed by atoms with van der Waals surface area (Å²) in [6.07, 6.45) is 0.907. The van der Waals surface area contributed by atoms with E-state index < -0.39 is 20.8 Å². The number of likely N-dealkylation sites (N-methyl/N-ethyl adjacent to an activating group) is 1. The highest BCUT2D eigenvalue weighted by Gasteiger charge is 2.33. The average Bonchev–Trinajstić information content (AvgIpc) is 2.18. The molecule has 1 rings (SSSR count). The Hall–Kier alpha value is 0.120. The van der Waals surface area contributed by atoms with Crippen molar-refractivity contribution < 1.29 is 18.3 Å². The summed E-state index contributed by atoms with van der Waals surface area (Å²) in [6, 6.07) is 0. The molecule has 0 aromatic carbocycles. The minimum absolute atomic E-state index is 0.0748. The molecule has 1 saturated heterocycles. The monoisotopic (exact) mass is 257 g/mol. The van der Waals surface area contributed by atoms with Crippen molar-refractivity contribution in [3.05, 3.63) is 0 Å². The lowest BCUT2D eigenvalue weighted by molar-refractivity contribution is -0.0689. The average molecular weight is 258 g/mol. The molecule has 0 unspecified atom stereocenters. The van der Waals surface area contributed by atoms with Crippen LogP contribution in [0, 0.1) is 0 Å². The van der Waals surface area contributed by atoms with Crippen LogP contribution in [0.5, 0.6) is 0 Å². The third-order valence-electron chi connectivity index (χ3n) is 2.55. The Morgan fingerprint density at radius 3 is 2.47 bits per heavy atom. The van der Waals surface area contributed by atoms with Crippen molar-refractivity contribution in [3.63, 3.8) is 0 Å². The Kier molecular flexibility index (Phi) is 4.37. The predicted molar refractivity (Wildman–Crippen MR) is 57.3 cm³/mol. The van der Waals surface area contributed by atoms with Crippen LogP contribution >= 0.6 is 11.6 Å². The zero-order valence-corrected chi connectivity index (χ0v) is 10.2. The van der Waals surface area contributed by atoms with Crippen molar-refractivity contribution in [1.29, 1.82) is 0 Å². The van der Waals surface area contributed by atoms with Gasteiger partial charge >= 0.3 is 0 Å². The van der Waals surface area contributed by atoms with E-state index in [1.165, 1.54) is 7.05 Å². The fourth-order valence-electron chi connectivity index (χ4n) is 1.51. The molecule has 0 aliphatic carbocycles. The maximum Gasteiger partial charge on any atom is 0.227 e. The van der Waals surface area contributed by atoms with Crippen LogP contribution < -0.4 is 0 Å². The van der Waals surface area contributed by atoms with Crippen molar-refractivity contribution >= 4 is 21.6 Å². The number of aliphatic hydroxyl groups is 1. The number of hydrogen-bond donors (Lipinski definition) is 1. The maximum atomic E-state index is 11.4. The zero-order valence-electron chi connectivity index (χ0n) is 8.65. The van der Waals surface area contributed by atoms with Crippen LogP contribution in [0.1, 0.15) is 12.8 Å². The molecule has 1 fully saturated rings. The predicted octanol–water partition coefficient (Wildman–Crippen LogP) is -0.0142. The molecule has 0 saturated carbocycles. The lowest BCUT2D eigenvalue weighted by atomic mass is 9.95. The van der Waals surface area contributed by atoms with E-state index in [1.807, 2.05) is 0 Å². The Bertz CT molecular complexity index is 300. The molecule has 0 aromatic heterocycles. The van der Waals surface area contributed by atoms with Crippen LogP contribution in [0.25, 0.3) is 0 Å². The van der Waals surface area contributed by atoms with Crippen LogP contribution in [-0.2, 0) is 14.8 Å². The van der Waals surface area contributed by atoms with Crippen LogP contribution in [-0.4, -0.2) is 55.4 Å². The summed E-state index contributed by atoms with van der Waals surface area (Å²) in [4.78, 5) is 0. The quantitative estimate of drug-likeness (QED) is 0.719. The molecule has 0 amide bonds. The SMILES string of the molecule is CN(CC1(O)CCOCC1)S(=O)(=O)CCl. The van der Waals surface area contributed by atoms with Gasteiger partial charge < -0.3 is 9.84 Å². The van der Waals surface area contributed by atoms with Gasteiger partial charge in [-0.2, -0.15) is 0 Å². The van der Waals surface area contributed by atoms with Gasteiger partial charge in [0.25, 0.3) is 0 Å². The molecule has 15 heavy (non-hydrogen) atoms. The molecule has 0 radical (unpaired) electrons. The second kappa shape index (κ2) is 4.97. The van der Waals surface area contributed by atoms with Gasteiger partial charge in [-0.15, -0.1) is 11.6 Å². The lowest BCUT2D eigenvalue weighted by Gasteiger charge is -2.34. The number of alkyl halides is 1. The van der Waals surface area contributed by atoms with Crippen LogP contribution in [0.4, 0.5) is 0 Å². The van der Waals surface area contributed by atoms with Gasteiger partial charge in [-0.25, -0.2) is 12.7 Å². The van der Waals surface area contributed by atoms with E-state index in [4.69, 9.17) is 16.3 Å². The maximum absolute atomic E-state index is 11.4. The topological polar surface area (TPSA) is 66.8 Å². The Morgan fingerprint density at radius 2 is 2.00 bits per heavy atom. The molecule has 7 heteroatoms. The first-order chi connectivity index (χ1) is 6.90. The van der Waals surface area contributed by atoms with Crippen molar-refractivity contribution in [2.75, 3.05) is 32.0 Å². The first kappa shape index (κ1) is 13.2. The van der Waals surface area contributed by atoms with Gasteiger partial charge in [0, 0.05) is 39.6 Å². The molecule has 1 heterocycles. The molecule has 0 spiro atoms. The summed E-state index contributed by atoms with van der Waals surface area (Å²) >= 11 is 5.32. The largest absolute Gasteiger partial charge is 0.388 e. The van der Waals surface area contributed by atoms with E-state index >= 15 is 0 Å². The second-order valence-corrected chi connectivity index (χ2v) is 6.47. The van der Waals surface area contributed by atoms with E-state index in [-0.39, 0.29) is 6.54 Å². The van der Waals surface area contributed by atoms with Gasteiger partial charge in [0.05, 0.1) is 5.60 Å². The summed E-state index contributed by atoms with van der Waals surface area (Å²) in [5.74, 6) is 0.